The summed E-state index contributed by atoms with van der Waals surface area (Å²) in [6, 6.07) is 8.79. The highest BCUT2D eigenvalue weighted by Gasteiger charge is 2.36. The molecule has 2 N–H and O–H groups in total. The molecule has 1 saturated carbocycles. The Hall–Kier alpha value is -0.860. The summed E-state index contributed by atoms with van der Waals surface area (Å²) in [6.07, 6.45) is 6.02. The smallest absolute Gasteiger partial charge is 0.0663 e. The van der Waals surface area contributed by atoms with Crippen LogP contribution in [0.2, 0.25) is 0 Å². The Kier molecular flexibility index (Phi) is 4.32. The molecule has 1 aromatic carbocycles. The summed E-state index contributed by atoms with van der Waals surface area (Å²) in [5.74, 6) is 0. The highest BCUT2D eigenvalue weighted by atomic mass is 16.5. The second-order valence-electron chi connectivity index (χ2n) is 6.49. The minimum absolute atomic E-state index is 0.121. The van der Waals surface area contributed by atoms with Gasteiger partial charge in [-0.1, -0.05) is 37.1 Å². The molecule has 0 bridgehead atoms. The van der Waals surface area contributed by atoms with Crippen LogP contribution in [0, 0.1) is 0 Å². The van der Waals surface area contributed by atoms with Gasteiger partial charge in [0.15, 0.2) is 0 Å². The predicted octanol–water partition coefficient (Wildman–Crippen LogP) is 3.42. The molecule has 0 saturated heterocycles. The summed E-state index contributed by atoms with van der Waals surface area (Å²) in [5, 5.41) is 0. The average Bonchev–Trinajstić information content (AvgIpc) is 2.89. The van der Waals surface area contributed by atoms with Gasteiger partial charge in [-0.15, -0.1) is 0 Å². The van der Waals surface area contributed by atoms with Crippen molar-refractivity contribution in [2.45, 2.75) is 57.0 Å². The molecular weight excluding hydrogens is 234 g/mol. The van der Waals surface area contributed by atoms with Gasteiger partial charge in [0.1, 0.15) is 0 Å². The zero-order valence-electron chi connectivity index (χ0n) is 12.5. The predicted molar refractivity (Wildman–Crippen MR) is 80.4 cm³/mol. The third-order valence-electron chi connectivity index (χ3n) is 4.71. The van der Waals surface area contributed by atoms with E-state index in [1.165, 1.54) is 36.8 Å². The molecule has 1 fully saturated rings. The molecule has 0 atom stereocenters. The highest BCUT2D eigenvalue weighted by Crippen LogP contribution is 2.42. The lowest BCUT2D eigenvalue weighted by Crippen LogP contribution is -2.34. The van der Waals surface area contributed by atoms with Gasteiger partial charge in [-0.2, -0.15) is 0 Å². The maximum Gasteiger partial charge on any atom is 0.0663 e. The summed E-state index contributed by atoms with van der Waals surface area (Å²) in [7, 11) is 1.79. The lowest BCUT2D eigenvalue weighted by atomic mass is 9.75. The number of rotatable bonds is 5. The van der Waals surface area contributed by atoms with Gasteiger partial charge in [0.2, 0.25) is 0 Å². The summed E-state index contributed by atoms with van der Waals surface area (Å²) >= 11 is 0. The van der Waals surface area contributed by atoms with Gasteiger partial charge in [0, 0.05) is 25.5 Å². The third-order valence-corrected chi connectivity index (χ3v) is 4.71. The van der Waals surface area contributed by atoms with Crippen LogP contribution >= 0.6 is 0 Å². The van der Waals surface area contributed by atoms with Crippen LogP contribution in [0.4, 0.5) is 0 Å². The Morgan fingerprint density at radius 3 is 2.42 bits per heavy atom. The number of hydrogen-bond acceptors (Lipinski definition) is 2. The second-order valence-corrected chi connectivity index (χ2v) is 6.49. The van der Waals surface area contributed by atoms with Crippen LogP contribution in [0.3, 0.4) is 0 Å². The highest BCUT2D eigenvalue weighted by molar-refractivity contribution is 5.36. The van der Waals surface area contributed by atoms with Crippen LogP contribution in [-0.4, -0.2) is 19.3 Å². The number of ether oxygens (including phenoxy) is 1. The number of nitrogens with two attached hydrogens (primary N) is 1. The first-order valence-corrected chi connectivity index (χ1v) is 7.37. The minimum Gasteiger partial charge on any atom is -0.378 e. The largest absolute Gasteiger partial charge is 0.378 e. The first kappa shape index (κ1) is 14.5. The lowest BCUT2D eigenvalue weighted by molar-refractivity contribution is 0.0228. The number of benzene rings is 1. The van der Waals surface area contributed by atoms with Crippen molar-refractivity contribution >= 4 is 0 Å². The van der Waals surface area contributed by atoms with Crippen molar-refractivity contribution in [2.24, 2.45) is 5.73 Å². The second kappa shape index (κ2) is 5.64. The molecule has 1 aliphatic carbocycles. The molecule has 1 aliphatic rings. The van der Waals surface area contributed by atoms with E-state index in [1.54, 1.807) is 7.11 Å². The average molecular weight is 261 g/mol. The van der Waals surface area contributed by atoms with E-state index in [2.05, 4.69) is 38.1 Å². The van der Waals surface area contributed by atoms with Crippen LogP contribution in [0.25, 0.3) is 0 Å². The number of methoxy groups -OCH3 is 1. The van der Waals surface area contributed by atoms with Crippen LogP contribution in [0.5, 0.6) is 0 Å². The van der Waals surface area contributed by atoms with E-state index in [4.69, 9.17) is 10.5 Å². The van der Waals surface area contributed by atoms with E-state index < -0.39 is 0 Å². The van der Waals surface area contributed by atoms with Gasteiger partial charge in [-0.3, -0.25) is 0 Å². The maximum absolute atomic E-state index is 6.13. The van der Waals surface area contributed by atoms with Gasteiger partial charge < -0.3 is 10.5 Å². The fourth-order valence-electron chi connectivity index (χ4n) is 3.36. The first-order chi connectivity index (χ1) is 9.03. The monoisotopic (exact) mass is 261 g/mol. The molecule has 0 aromatic heterocycles. The van der Waals surface area contributed by atoms with E-state index >= 15 is 0 Å². The zero-order valence-corrected chi connectivity index (χ0v) is 12.5. The van der Waals surface area contributed by atoms with E-state index in [1.807, 2.05) is 0 Å². The van der Waals surface area contributed by atoms with Crippen molar-refractivity contribution < 1.29 is 4.74 Å². The van der Waals surface area contributed by atoms with Gasteiger partial charge in [0.05, 0.1) is 5.60 Å². The van der Waals surface area contributed by atoms with E-state index in [-0.39, 0.29) is 11.0 Å². The van der Waals surface area contributed by atoms with E-state index in [0.29, 0.717) is 0 Å². The molecule has 0 radical (unpaired) electrons. The summed E-state index contributed by atoms with van der Waals surface area (Å²) in [6.45, 7) is 5.05. The molecule has 2 rings (SSSR count). The van der Waals surface area contributed by atoms with Crippen LogP contribution in [-0.2, 0) is 16.6 Å². The molecule has 0 aliphatic heterocycles. The van der Waals surface area contributed by atoms with Gasteiger partial charge in [0.25, 0.3) is 0 Å². The Labute approximate surface area is 117 Å². The number of hydrogen-bond donors (Lipinski definition) is 1. The Morgan fingerprint density at radius 1 is 1.21 bits per heavy atom. The molecular formula is C17H27NO. The van der Waals surface area contributed by atoms with Crippen molar-refractivity contribution in [3.63, 3.8) is 0 Å². The first-order valence-electron chi connectivity index (χ1n) is 7.37. The molecule has 0 spiro atoms. The van der Waals surface area contributed by atoms with Gasteiger partial charge in [-0.05, 0) is 37.8 Å². The van der Waals surface area contributed by atoms with E-state index in [9.17, 15) is 0 Å². The lowest BCUT2D eigenvalue weighted by Gasteiger charge is -2.32. The molecule has 0 amide bonds. The topological polar surface area (TPSA) is 35.2 Å². The van der Waals surface area contributed by atoms with Crippen molar-refractivity contribution in [3.05, 3.63) is 35.4 Å². The van der Waals surface area contributed by atoms with Gasteiger partial charge in [-0.25, -0.2) is 0 Å². The minimum atomic E-state index is -0.121. The fourth-order valence-corrected chi connectivity index (χ4v) is 3.36. The molecule has 106 valence electrons. The van der Waals surface area contributed by atoms with Gasteiger partial charge >= 0.3 is 0 Å². The molecule has 0 unspecified atom stereocenters. The molecule has 0 heterocycles. The summed E-state index contributed by atoms with van der Waals surface area (Å²) in [5.41, 5.74) is 9.09. The van der Waals surface area contributed by atoms with E-state index in [0.717, 1.165) is 13.0 Å². The normalized spacial score (nSPS) is 18.7. The van der Waals surface area contributed by atoms with Crippen molar-refractivity contribution in [1.29, 1.82) is 0 Å². The zero-order chi connectivity index (χ0) is 13.9. The maximum atomic E-state index is 6.13. The standard InChI is InChI=1S/C17H27NO/c1-16(2,19-3)12-14-8-4-5-9-15(14)17(13-18)10-6-7-11-17/h4-5,8-9H,6-7,10-13,18H2,1-3H3. The molecule has 2 nitrogen and oxygen atoms in total. The van der Waals surface area contributed by atoms with Crippen LogP contribution in [0.15, 0.2) is 24.3 Å². The summed E-state index contributed by atoms with van der Waals surface area (Å²) in [4.78, 5) is 0. The molecule has 1 aromatic rings. The van der Waals surface area contributed by atoms with Crippen molar-refractivity contribution in [2.75, 3.05) is 13.7 Å². The Balaban J connectivity index is 2.35. The molecule has 2 heteroatoms. The quantitative estimate of drug-likeness (QED) is 0.881. The third kappa shape index (κ3) is 3.01. The SMILES string of the molecule is COC(C)(C)Cc1ccccc1C1(CN)CCCC1. The van der Waals surface area contributed by atoms with Crippen LogP contribution in [0.1, 0.15) is 50.7 Å². The molecule has 19 heavy (non-hydrogen) atoms. The Morgan fingerprint density at radius 2 is 1.84 bits per heavy atom. The van der Waals surface area contributed by atoms with Crippen molar-refractivity contribution in [1.82, 2.24) is 0 Å². The fraction of sp³-hybridized carbons (Fsp3) is 0.647. The van der Waals surface area contributed by atoms with Crippen molar-refractivity contribution in [3.8, 4) is 0 Å². The summed E-state index contributed by atoms with van der Waals surface area (Å²) < 4.78 is 5.59. The Bertz CT molecular complexity index is 419. The van der Waals surface area contributed by atoms with Crippen LogP contribution < -0.4 is 5.73 Å².